The zero-order chi connectivity index (χ0) is 45.2. The van der Waals surface area contributed by atoms with E-state index in [1.807, 2.05) is 122 Å². The van der Waals surface area contributed by atoms with Gasteiger partial charge in [0.25, 0.3) is 0 Å². The van der Waals surface area contributed by atoms with Crippen molar-refractivity contribution in [3.05, 3.63) is 154 Å². The Balaban J connectivity index is 1.32. The maximum atomic E-state index is 14.0. The molecule has 0 amide bonds. The summed E-state index contributed by atoms with van der Waals surface area (Å²) in [5, 5.41) is 0. The van der Waals surface area contributed by atoms with Gasteiger partial charge >= 0.3 is 11.9 Å². The Morgan fingerprint density at radius 3 is 1.41 bits per heavy atom. The van der Waals surface area contributed by atoms with Crippen LogP contribution in [0.1, 0.15) is 142 Å². The summed E-state index contributed by atoms with van der Waals surface area (Å²) in [6.07, 6.45) is 1.60. The van der Waals surface area contributed by atoms with Crippen molar-refractivity contribution in [1.29, 1.82) is 0 Å². The Morgan fingerprint density at radius 1 is 0.475 bits per heavy atom. The van der Waals surface area contributed by atoms with Crippen LogP contribution < -0.4 is 18.9 Å². The highest BCUT2D eigenvalue weighted by molar-refractivity contribution is 5.80. The summed E-state index contributed by atoms with van der Waals surface area (Å²) in [6.45, 7) is 30.4. The van der Waals surface area contributed by atoms with Gasteiger partial charge in [0.1, 0.15) is 39.6 Å². The fraction of sp³-hybridized carbons (Fsp3) is 0.418. The van der Waals surface area contributed by atoms with Gasteiger partial charge in [-0.25, -0.2) is 0 Å². The molecule has 6 nitrogen and oxygen atoms in total. The molecule has 0 radical (unpaired) electrons. The number of benzene rings is 5. The van der Waals surface area contributed by atoms with Crippen molar-refractivity contribution in [2.45, 2.75) is 139 Å². The van der Waals surface area contributed by atoms with Gasteiger partial charge in [-0.15, -0.1) is 0 Å². The van der Waals surface area contributed by atoms with E-state index in [1.165, 1.54) is 5.56 Å². The fourth-order valence-corrected chi connectivity index (χ4v) is 7.11. The molecule has 0 aliphatic carbocycles. The third-order valence-corrected chi connectivity index (χ3v) is 13.5. The first-order valence-corrected chi connectivity index (χ1v) is 21.7. The van der Waals surface area contributed by atoms with Crippen molar-refractivity contribution in [2.24, 2.45) is 10.8 Å². The molecular formula is C55H68O6. The first-order chi connectivity index (χ1) is 28.4. The lowest BCUT2D eigenvalue weighted by Gasteiger charge is -2.39. The molecule has 1 atom stereocenters. The van der Waals surface area contributed by atoms with Gasteiger partial charge in [-0.2, -0.15) is 0 Å². The molecule has 324 valence electrons. The van der Waals surface area contributed by atoms with Crippen molar-refractivity contribution in [3.8, 4) is 23.0 Å². The molecule has 5 aromatic carbocycles. The van der Waals surface area contributed by atoms with E-state index >= 15 is 0 Å². The first kappa shape index (κ1) is 46.7. The second-order valence-corrected chi connectivity index (χ2v) is 19.6. The standard InChI is InChI=1S/C55H68O6/c1-16-50(5,6)48(56)58-44-29-23-40(24-30-44)55(15,39-21-19-18-20-22-39)41-25-31-45(32-26-41)60-54(13,14)53(11,12)49(57)59-46-33-27-42(35-37(46)3)52(9,10)43-28-34-47(38(4)36-43)61-51(7,8)17-2/h18-36H,16-17H2,1-15H3. The molecule has 0 aliphatic rings. The zero-order valence-corrected chi connectivity index (χ0v) is 39.3. The fourth-order valence-electron chi connectivity index (χ4n) is 7.11. The normalized spacial score (nSPS) is 13.6. The van der Waals surface area contributed by atoms with Gasteiger partial charge in [-0.05, 0) is 164 Å². The molecule has 0 bridgehead atoms. The lowest BCUT2D eigenvalue weighted by Crippen LogP contribution is -2.51. The number of hydrogen-bond acceptors (Lipinski definition) is 6. The number of esters is 2. The molecule has 5 aromatic rings. The van der Waals surface area contributed by atoms with Crippen LogP contribution in [0.4, 0.5) is 0 Å². The molecule has 6 heteroatoms. The minimum absolute atomic E-state index is 0.234. The van der Waals surface area contributed by atoms with Crippen LogP contribution in [0.15, 0.2) is 115 Å². The van der Waals surface area contributed by atoms with Crippen molar-refractivity contribution in [2.75, 3.05) is 0 Å². The summed E-state index contributed by atoms with van der Waals surface area (Å²) in [6, 6.07) is 38.7. The Labute approximate surface area is 366 Å². The summed E-state index contributed by atoms with van der Waals surface area (Å²) in [5.41, 5.74) is 3.89. The highest BCUT2D eigenvalue weighted by atomic mass is 16.5. The molecule has 1 unspecified atom stereocenters. The molecule has 0 fully saturated rings. The largest absolute Gasteiger partial charge is 0.488 e. The molecule has 0 spiro atoms. The summed E-state index contributed by atoms with van der Waals surface area (Å²) in [5.74, 6) is 1.95. The summed E-state index contributed by atoms with van der Waals surface area (Å²) >= 11 is 0. The van der Waals surface area contributed by atoms with Crippen molar-refractivity contribution in [1.82, 2.24) is 0 Å². The van der Waals surface area contributed by atoms with Crippen LogP contribution in [0.2, 0.25) is 0 Å². The molecule has 0 N–H and O–H groups in total. The predicted molar refractivity (Wildman–Crippen MR) is 248 cm³/mol. The van der Waals surface area contributed by atoms with Crippen molar-refractivity contribution >= 4 is 11.9 Å². The number of carbonyl (C=O) groups excluding carboxylic acids is 2. The highest BCUT2D eigenvalue weighted by Gasteiger charge is 2.47. The lowest BCUT2D eigenvalue weighted by atomic mass is 9.71. The monoisotopic (exact) mass is 825 g/mol. The molecule has 0 saturated carbocycles. The zero-order valence-electron chi connectivity index (χ0n) is 39.3. The lowest BCUT2D eigenvalue weighted by molar-refractivity contribution is -0.155. The molecule has 0 aliphatic heterocycles. The predicted octanol–water partition coefficient (Wildman–Crippen LogP) is 13.7. The van der Waals surface area contributed by atoms with E-state index in [9.17, 15) is 9.59 Å². The number of ether oxygens (including phenoxy) is 4. The maximum Gasteiger partial charge on any atom is 0.320 e. The first-order valence-electron chi connectivity index (χ1n) is 21.7. The van der Waals surface area contributed by atoms with Crippen LogP contribution in [0, 0.1) is 24.7 Å². The Bertz CT molecular complexity index is 2310. The number of aryl methyl sites for hydroxylation is 2. The number of carbonyl (C=O) groups is 2. The van der Waals surface area contributed by atoms with Crippen molar-refractivity contribution < 1.29 is 28.5 Å². The Hall–Kier alpha value is -5.36. The Morgan fingerprint density at radius 2 is 0.934 bits per heavy atom. The van der Waals surface area contributed by atoms with Gasteiger partial charge in [0.15, 0.2) is 0 Å². The Kier molecular flexibility index (Phi) is 13.4. The van der Waals surface area contributed by atoms with Gasteiger partial charge < -0.3 is 18.9 Å². The average molecular weight is 825 g/mol. The molecular weight excluding hydrogens is 757 g/mol. The smallest absolute Gasteiger partial charge is 0.320 e. The van der Waals surface area contributed by atoms with Gasteiger partial charge in [-0.1, -0.05) is 107 Å². The molecule has 5 rings (SSSR count). The van der Waals surface area contributed by atoms with Crippen LogP contribution in [-0.4, -0.2) is 23.1 Å². The van der Waals surface area contributed by atoms with Crippen LogP contribution in [0.5, 0.6) is 23.0 Å². The van der Waals surface area contributed by atoms with Gasteiger partial charge in [0.2, 0.25) is 0 Å². The minimum atomic E-state index is -1.03. The average Bonchev–Trinajstić information content (AvgIpc) is 3.22. The highest BCUT2D eigenvalue weighted by Crippen LogP contribution is 2.43. The third kappa shape index (κ3) is 9.90. The topological polar surface area (TPSA) is 71.1 Å². The number of rotatable bonds is 16. The number of hydrogen-bond donors (Lipinski definition) is 0. The van der Waals surface area contributed by atoms with Crippen molar-refractivity contribution in [3.63, 3.8) is 0 Å². The molecule has 0 aromatic heterocycles. The second-order valence-electron chi connectivity index (χ2n) is 19.6. The molecule has 0 heterocycles. The third-order valence-electron chi connectivity index (χ3n) is 13.5. The van der Waals surface area contributed by atoms with E-state index < -0.39 is 21.8 Å². The quantitative estimate of drug-likeness (QED) is 0.0561. The van der Waals surface area contributed by atoms with Crippen LogP contribution in [0.25, 0.3) is 0 Å². The van der Waals surface area contributed by atoms with Gasteiger partial charge in [0.05, 0.1) is 5.41 Å². The molecule has 0 saturated heterocycles. The van der Waals surface area contributed by atoms with E-state index in [0.717, 1.165) is 45.6 Å². The van der Waals surface area contributed by atoms with E-state index in [-0.39, 0.29) is 23.0 Å². The van der Waals surface area contributed by atoms with Crippen LogP contribution >= 0.6 is 0 Å². The van der Waals surface area contributed by atoms with Gasteiger partial charge in [-0.3, -0.25) is 9.59 Å². The van der Waals surface area contributed by atoms with Crippen LogP contribution in [0.3, 0.4) is 0 Å². The minimum Gasteiger partial charge on any atom is -0.488 e. The van der Waals surface area contributed by atoms with E-state index in [4.69, 9.17) is 18.9 Å². The summed E-state index contributed by atoms with van der Waals surface area (Å²) in [7, 11) is 0. The molecule has 61 heavy (non-hydrogen) atoms. The van der Waals surface area contributed by atoms with E-state index in [2.05, 4.69) is 97.0 Å². The van der Waals surface area contributed by atoms with E-state index in [1.54, 1.807) is 0 Å². The van der Waals surface area contributed by atoms with Gasteiger partial charge in [0, 0.05) is 10.8 Å². The SMILES string of the molecule is CCC(C)(C)Oc1ccc(C(C)(C)c2ccc(OC(=O)C(C)(C)C(C)(C)Oc3ccc(C(C)(c4ccccc4)c4ccc(OC(=O)C(C)(C)CC)cc4)cc3)c(C)c2)cc1C. The van der Waals surface area contributed by atoms with E-state index in [0.29, 0.717) is 23.7 Å². The summed E-state index contributed by atoms with van der Waals surface area (Å²) in [4.78, 5) is 26.8. The second kappa shape index (κ2) is 17.6. The van der Waals surface area contributed by atoms with Crippen LogP contribution in [-0.2, 0) is 20.4 Å². The maximum absolute atomic E-state index is 14.0. The summed E-state index contributed by atoms with van der Waals surface area (Å²) < 4.78 is 24.8.